The Hall–Kier alpha value is -1.75. The maximum absolute atomic E-state index is 12.7. The van der Waals surface area contributed by atoms with Gasteiger partial charge in [-0.25, -0.2) is 9.37 Å². The van der Waals surface area contributed by atoms with Gasteiger partial charge in [0.25, 0.3) is 0 Å². The molecule has 0 radical (unpaired) electrons. The topological polar surface area (TPSA) is 51.0 Å². The zero-order valence-corrected chi connectivity index (χ0v) is 10.7. The molecule has 0 aliphatic rings. The van der Waals surface area contributed by atoms with E-state index in [4.69, 9.17) is 4.52 Å². The minimum absolute atomic E-state index is 0.0211. The zero-order chi connectivity index (χ0) is 13.2. The molecule has 2 aromatic rings. The van der Waals surface area contributed by atoms with E-state index in [1.54, 1.807) is 12.1 Å². The first-order valence-corrected chi connectivity index (χ1v) is 5.76. The summed E-state index contributed by atoms with van der Waals surface area (Å²) in [5, 5.41) is 7.26. The number of hydrogen-bond donors (Lipinski definition) is 1. The molecule has 2 aromatic heterocycles. The van der Waals surface area contributed by atoms with E-state index in [-0.39, 0.29) is 11.4 Å². The van der Waals surface area contributed by atoms with Gasteiger partial charge in [0.05, 0.1) is 11.9 Å². The fraction of sp³-hybridized carbons (Fsp3) is 0.385. The Labute approximate surface area is 105 Å². The third kappa shape index (κ3) is 3.37. The van der Waals surface area contributed by atoms with Crippen LogP contribution in [0.25, 0.3) is 11.5 Å². The predicted octanol–water partition coefficient (Wildman–Crippen LogP) is 2.76. The summed E-state index contributed by atoms with van der Waals surface area (Å²) in [5.74, 6) is 0.175. The molecule has 4 nitrogen and oxygen atoms in total. The van der Waals surface area contributed by atoms with E-state index in [0.717, 1.165) is 11.9 Å². The maximum atomic E-state index is 12.7. The van der Waals surface area contributed by atoms with Crippen molar-refractivity contribution >= 4 is 0 Å². The van der Waals surface area contributed by atoms with Crippen LogP contribution in [0.3, 0.4) is 0 Å². The van der Waals surface area contributed by atoms with Crippen LogP contribution in [0.4, 0.5) is 4.39 Å². The quantitative estimate of drug-likeness (QED) is 0.908. The fourth-order valence-corrected chi connectivity index (χ4v) is 1.39. The van der Waals surface area contributed by atoms with Gasteiger partial charge in [0.15, 0.2) is 5.76 Å². The molecule has 0 bridgehead atoms. The zero-order valence-electron chi connectivity index (χ0n) is 10.7. The standard InChI is InChI=1S/C13H16FN3O/c1-13(2,3)16-8-10-6-12(18-17-10)11-5-4-9(14)7-15-11/h4-7,16H,8H2,1-3H3. The summed E-state index contributed by atoms with van der Waals surface area (Å²) in [6.07, 6.45) is 1.16. The summed E-state index contributed by atoms with van der Waals surface area (Å²) in [4.78, 5) is 3.94. The molecule has 5 heteroatoms. The summed E-state index contributed by atoms with van der Waals surface area (Å²) in [6.45, 7) is 6.86. The Balaban J connectivity index is 2.08. The molecule has 0 spiro atoms. The highest BCUT2D eigenvalue weighted by atomic mass is 19.1. The van der Waals surface area contributed by atoms with Crippen LogP contribution in [0.5, 0.6) is 0 Å². The lowest BCUT2D eigenvalue weighted by Gasteiger charge is -2.19. The fourth-order valence-electron chi connectivity index (χ4n) is 1.39. The van der Waals surface area contributed by atoms with E-state index in [1.165, 1.54) is 6.07 Å². The molecule has 18 heavy (non-hydrogen) atoms. The van der Waals surface area contributed by atoms with E-state index >= 15 is 0 Å². The van der Waals surface area contributed by atoms with Crippen LogP contribution >= 0.6 is 0 Å². The van der Waals surface area contributed by atoms with Crippen LogP contribution in [-0.2, 0) is 6.54 Å². The molecular weight excluding hydrogens is 233 g/mol. The number of aromatic nitrogens is 2. The molecule has 0 aliphatic carbocycles. The third-order valence-electron chi connectivity index (χ3n) is 2.34. The first-order valence-electron chi connectivity index (χ1n) is 5.76. The van der Waals surface area contributed by atoms with Crippen molar-refractivity contribution in [3.63, 3.8) is 0 Å². The lowest BCUT2D eigenvalue weighted by atomic mass is 10.1. The largest absolute Gasteiger partial charge is 0.354 e. The minimum atomic E-state index is -0.368. The van der Waals surface area contributed by atoms with Crippen molar-refractivity contribution in [3.05, 3.63) is 35.9 Å². The number of nitrogens with zero attached hydrogens (tertiary/aromatic N) is 2. The Morgan fingerprint density at radius 1 is 1.33 bits per heavy atom. The first kappa shape index (κ1) is 12.7. The highest BCUT2D eigenvalue weighted by Crippen LogP contribution is 2.18. The number of pyridine rings is 1. The molecule has 0 fully saturated rings. The van der Waals surface area contributed by atoms with E-state index in [9.17, 15) is 4.39 Å². The van der Waals surface area contributed by atoms with Crippen LogP contribution < -0.4 is 5.32 Å². The molecule has 0 saturated heterocycles. The van der Waals surface area contributed by atoms with Crippen molar-refractivity contribution in [2.45, 2.75) is 32.9 Å². The van der Waals surface area contributed by atoms with E-state index in [1.807, 2.05) is 0 Å². The second-order valence-electron chi connectivity index (χ2n) is 5.15. The minimum Gasteiger partial charge on any atom is -0.354 e. The van der Waals surface area contributed by atoms with Gasteiger partial charge in [0.1, 0.15) is 11.5 Å². The molecule has 0 saturated carbocycles. The monoisotopic (exact) mass is 249 g/mol. The maximum Gasteiger partial charge on any atom is 0.185 e. The average molecular weight is 249 g/mol. The molecule has 0 aromatic carbocycles. The lowest BCUT2D eigenvalue weighted by Crippen LogP contribution is -2.35. The number of hydrogen-bond acceptors (Lipinski definition) is 4. The van der Waals surface area contributed by atoms with E-state index < -0.39 is 0 Å². The average Bonchev–Trinajstić information content (AvgIpc) is 2.75. The molecular formula is C13H16FN3O. The predicted molar refractivity (Wildman–Crippen MR) is 66.3 cm³/mol. The Morgan fingerprint density at radius 3 is 2.72 bits per heavy atom. The van der Waals surface area contributed by atoms with Crippen molar-refractivity contribution in [2.24, 2.45) is 0 Å². The van der Waals surface area contributed by atoms with Gasteiger partial charge in [-0.15, -0.1) is 0 Å². The molecule has 2 heterocycles. The van der Waals surface area contributed by atoms with Crippen LogP contribution in [0, 0.1) is 5.82 Å². The number of rotatable bonds is 3. The highest BCUT2D eigenvalue weighted by Gasteiger charge is 2.12. The Kier molecular flexibility index (Phi) is 3.43. The van der Waals surface area contributed by atoms with Gasteiger partial charge in [0.2, 0.25) is 0 Å². The highest BCUT2D eigenvalue weighted by molar-refractivity contribution is 5.51. The van der Waals surface area contributed by atoms with Gasteiger partial charge in [-0.05, 0) is 32.9 Å². The van der Waals surface area contributed by atoms with Crippen molar-refractivity contribution in [3.8, 4) is 11.5 Å². The Bertz CT molecular complexity index is 514. The van der Waals surface area contributed by atoms with Gasteiger partial charge >= 0.3 is 0 Å². The number of halogens is 1. The van der Waals surface area contributed by atoms with Crippen LogP contribution in [0.1, 0.15) is 26.5 Å². The molecule has 1 N–H and O–H groups in total. The smallest absolute Gasteiger partial charge is 0.185 e. The van der Waals surface area contributed by atoms with Crippen LogP contribution in [0.15, 0.2) is 28.9 Å². The summed E-state index contributed by atoms with van der Waals surface area (Å²) < 4.78 is 17.9. The van der Waals surface area contributed by atoms with Gasteiger partial charge < -0.3 is 9.84 Å². The van der Waals surface area contributed by atoms with Crippen molar-refractivity contribution in [1.29, 1.82) is 0 Å². The summed E-state index contributed by atoms with van der Waals surface area (Å²) in [7, 11) is 0. The van der Waals surface area contributed by atoms with Gasteiger partial charge in [-0.2, -0.15) is 0 Å². The first-order chi connectivity index (χ1) is 8.44. The molecule has 0 amide bonds. The van der Waals surface area contributed by atoms with Crippen molar-refractivity contribution in [1.82, 2.24) is 15.5 Å². The molecule has 2 rings (SSSR count). The summed E-state index contributed by atoms with van der Waals surface area (Å²) >= 11 is 0. The third-order valence-corrected chi connectivity index (χ3v) is 2.34. The van der Waals surface area contributed by atoms with E-state index in [2.05, 4.69) is 36.2 Å². The van der Waals surface area contributed by atoms with Gasteiger partial charge in [-0.3, -0.25) is 0 Å². The molecule has 0 aliphatic heterocycles. The van der Waals surface area contributed by atoms with E-state index in [0.29, 0.717) is 18.0 Å². The summed E-state index contributed by atoms with van der Waals surface area (Å²) in [5.41, 5.74) is 1.39. The molecule has 96 valence electrons. The Morgan fingerprint density at radius 2 is 2.11 bits per heavy atom. The normalized spacial score (nSPS) is 11.8. The van der Waals surface area contributed by atoms with Crippen molar-refractivity contribution < 1.29 is 8.91 Å². The van der Waals surface area contributed by atoms with Gasteiger partial charge in [0, 0.05) is 18.2 Å². The second kappa shape index (κ2) is 4.86. The molecule has 0 atom stereocenters. The molecule has 0 unspecified atom stereocenters. The van der Waals surface area contributed by atoms with Crippen molar-refractivity contribution in [2.75, 3.05) is 0 Å². The lowest BCUT2D eigenvalue weighted by molar-refractivity contribution is 0.392. The van der Waals surface area contributed by atoms with Crippen LogP contribution in [-0.4, -0.2) is 15.7 Å². The summed E-state index contributed by atoms with van der Waals surface area (Å²) in [6, 6.07) is 4.72. The number of nitrogens with one attached hydrogen (secondary N) is 1. The van der Waals surface area contributed by atoms with Gasteiger partial charge in [-0.1, -0.05) is 5.16 Å². The van der Waals surface area contributed by atoms with Crippen LogP contribution in [0.2, 0.25) is 0 Å². The SMILES string of the molecule is CC(C)(C)NCc1cc(-c2ccc(F)cn2)on1. The second-order valence-corrected chi connectivity index (χ2v) is 5.15.